The fraction of sp³-hybridized carbons (Fsp3) is 0.500. The number of nitrogens with two attached hydrogens (primary N) is 1. The molecular formula is C10H16N2O4. The zero-order valence-electron chi connectivity index (χ0n) is 9.19. The first-order valence-electron chi connectivity index (χ1n) is 5.01. The van der Waals surface area contributed by atoms with Gasteiger partial charge in [0.15, 0.2) is 0 Å². The van der Waals surface area contributed by atoms with Gasteiger partial charge in [-0.1, -0.05) is 19.8 Å². The Kier molecular flexibility index (Phi) is 7.48. The van der Waals surface area contributed by atoms with E-state index in [2.05, 4.69) is 0 Å². The van der Waals surface area contributed by atoms with Crippen LogP contribution in [-0.4, -0.2) is 24.5 Å². The average molecular weight is 228 g/mol. The molecule has 0 unspecified atom stereocenters. The van der Waals surface area contributed by atoms with Gasteiger partial charge in [0.2, 0.25) is 0 Å². The second-order valence-electron chi connectivity index (χ2n) is 3.06. The third-order valence-corrected chi connectivity index (χ3v) is 1.61. The summed E-state index contributed by atoms with van der Waals surface area (Å²) in [7, 11) is 0. The van der Waals surface area contributed by atoms with Crippen molar-refractivity contribution in [2.45, 2.75) is 26.2 Å². The number of urea groups is 1. The molecule has 0 radical (unpaired) electrons. The summed E-state index contributed by atoms with van der Waals surface area (Å²) >= 11 is 0. The van der Waals surface area contributed by atoms with Crippen molar-refractivity contribution in [2.75, 3.05) is 6.61 Å². The highest BCUT2D eigenvalue weighted by atomic mass is 16.5. The van der Waals surface area contributed by atoms with Crippen molar-refractivity contribution in [3.05, 3.63) is 12.2 Å². The number of unbranched alkanes of at least 4 members (excludes halogenated alkanes) is 2. The van der Waals surface area contributed by atoms with Crippen LogP contribution in [0.1, 0.15) is 26.2 Å². The summed E-state index contributed by atoms with van der Waals surface area (Å²) in [5.74, 6) is -1.37. The van der Waals surface area contributed by atoms with Crippen LogP contribution in [0.25, 0.3) is 0 Å². The Balaban J connectivity index is 3.73. The van der Waals surface area contributed by atoms with Crippen LogP contribution in [0.15, 0.2) is 12.2 Å². The lowest BCUT2D eigenvalue weighted by Gasteiger charge is -2.00. The molecule has 0 aliphatic heterocycles. The number of hydrogen-bond donors (Lipinski definition) is 2. The van der Waals surface area contributed by atoms with Crippen molar-refractivity contribution < 1.29 is 19.1 Å². The van der Waals surface area contributed by atoms with E-state index in [1.165, 1.54) is 0 Å². The molecule has 0 aliphatic carbocycles. The van der Waals surface area contributed by atoms with Gasteiger partial charge in [-0.3, -0.25) is 10.1 Å². The molecular weight excluding hydrogens is 212 g/mol. The predicted molar refractivity (Wildman–Crippen MR) is 57.4 cm³/mol. The lowest BCUT2D eigenvalue weighted by atomic mass is 10.3. The summed E-state index contributed by atoms with van der Waals surface area (Å²) in [6.45, 7) is 2.37. The SMILES string of the molecule is CCCCCOC(=O)C=CC(=O)NC(N)=O. The fourth-order valence-corrected chi connectivity index (χ4v) is 0.880. The standard InChI is InChI=1S/C10H16N2O4/c1-2-3-4-7-16-9(14)6-5-8(13)12-10(11)15/h5-6H,2-4,7H2,1H3,(H3,11,12,13,15). The van der Waals surface area contributed by atoms with Gasteiger partial charge in [-0.2, -0.15) is 0 Å². The highest BCUT2D eigenvalue weighted by molar-refractivity contribution is 6.02. The van der Waals surface area contributed by atoms with Gasteiger partial charge in [-0.15, -0.1) is 0 Å². The normalized spacial score (nSPS) is 10.1. The Labute approximate surface area is 93.8 Å². The number of carbonyl (C=O) groups excluding carboxylic acids is 3. The molecule has 0 aromatic rings. The van der Waals surface area contributed by atoms with Crippen LogP contribution in [0.2, 0.25) is 0 Å². The minimum atomic E-state index is -0.967. The molecule has 6 heteroatoms. The van der Waals surface area contributed by atoms with Gasteiger partial charge in [0.25, 0.3) is 5.91 Å². The second kappa shape index (κ2) is 8.46. The smallest absolute Gasteiger partial charge is 0.330 e. The number of primary amides is 1. The van der Waals surface area contributed by atoms with E-state index < -0.39 is 17.9 Å². The maximum atomic E-state index is 11.0. The van der Waals surface area contributed by atoms with Gasteiger partial charge >= 0.3 is 12.0 Å². The van der Waals surface area contributed by atoms with E-state index in [0.717, 1.165) is 31.4 Å². The van der Waals surface area contributed by atoms with Crippen molar-refractivity contribution in [2.24, 2.45) is 5.73 Å². The average Bonchev–Trinajstić information content (AvgIpc) is 2.20. The van der Waals surface area contributed by atoms with Crippen LogP contribution in [0.4, 0.5) is 4.79 Å². The molecule has 0 aromatic carbocycles. The van der Waals surface area contributed by atoms with Crippen molar-refractivity contribution in [1.29, 1.82) is 0 Å². The molecule has 0 saturated heterocycles. The minimum Gasteiger partial charge on any atom is -0.463 e. The number of hydrogen-bond acceptors (Lipinski definition) is 4. The number of imide groups is 1. The third kappa shape index (κ3) is 8.74. The predicted octanol–water partition coefficient (Wildman–Crippen LogP) is 0.471. The van der Waals surface area contributed by atoms with E-state index in [9.17, 15) is 14.4 Å². The molecule has 0 fully saturated rings. The number of nitrogens with one attached hydrogen (secondary N) is 1. The van der Waals surface area contributed by atoms with Crippen molar-refractivity contribution >= 4 is 17.9 Å². The monoisotopic (exact) mass is 228 g/mol. The maximum Gasteiger partial charge on any atom is 0.330 e. The van der Waals surface area contributed by atoms with Crippen LogP contribution in [0.5, 0.6) is 0 Å². The van der Waals surface area contributed by atoms with Gasteiger partial charge in [0.1, 0.15) is 0 Å². The molecule has 6 nitrogen and oxygen atoms in total. The van der Waals surface area contributed by atoms with E-state index in [-0.39, 0.29) is 0 Å². The Bertz CT molecular complexity index is 287. The summed E-state index contributed by atoms with van der Waals surface area (Å²) in [6.07, 6.45) is 4.66. The first-order valence-corrected chi connectivity index (χ1v) is 5.01. The lowest BCUT2D eigenvalue weighted by Crippen LogP contribution is -2.33. The quantitative estimate of drug-likeness (QED) is 0.392. The Morgan fingerprint density at radius 1 is 1.25 bits per heavy atom. The zero-order chi connectivity index (χ0) is 12.4. The largest absolute Gasteiger partial charge is 0.463 e. The van der Waals surface area contributed by atoms with Crippen molar-refractivity contribution in [1.82, 2.24) is 5.32 Å². The molecule has 0 heterocycles. The summed E-state index contributed by atoms with van der Waals surface area (Å²) in [5, 5.41) is 1.78. The van der Waals surface area contributed by atoms with Crippen molar-refractivity contribution in [3.8, 4) is 0 Å². The van der Waals surface area contributed by atoms with Crippen LogP contribution in [-0.2, 0) is 14.3 Å². The van der Waals surface area contributed by atoms with Gasteiger partial charge in [0, 0.05) is 12.2 Å². The molecule has 3 N–H and O–H groups in total. The Morgan fingerprint density at radius 2 is 1.94 bits per heavy atom. The highest BCUT2D eigenvalue weighted by Gasteiger charge is 2.01. The molecule has 0 rings (SSSR count). The molecule has 3 amide bonds. The van der Waals surface area contributed by atoms with E-state index >= 15 is 0 Å². The summed E-state index contributed by atoms with van der Waals surface area (Å²) < 4.78 is 4.78. The first-order chi connectivity index (χ1) is 7.56. The molecule has 16 heavy (non-hydrogen) atoms. The van der Waals surface area contributed by atoms with Gasteiger partial charge in [0.05, 0.1) is 6.61 Å². The molecule has 0 saturated carbocycles. The number of ether oxygens (including phenoxy) is 1. The first kappa shape index (κ1) is 14.2. The minimum absolute atomic E-state index is 0.328. The highest BCUT2D eigenvalue weighted by Crippen LogP contribution is 1.94. The molecule has 0 aromatic heterocycles. The second-order valence-corrected chi connectivity index (χ2v) is 3.06. The number of carbonyl (C=O) groups is 3. The summed E-state index contributed by atoms with van der Waals surface area (Å²) in [4.78, 5) is 32.1. The summed E-state index contributed by atoms with van der Waals surface area (Å²) in [6, 6.07) is -0.967. The van der Waals surface area contributed by atoms with Crippen LogP contribution < -0.4 is 11.1 Å². The fourth-order valence-electron chi connectivity index (χ4n) is 0.880. The lowest BCUT2D eigenvalue weighted by molar-refractivity contribution is -0.138. The van der Waals surface area contributed by atoms with Gasteiger partial charge in [-0.25, -0.2) is 9.59 Å². The molecule has 0 atom stereocenters. The molecule has 0 bridgehead atoms. The van der Waals surface area contributed by atoms with E-state index in [0.29, 0.717) is 6.61 Å². The van der Waals surface area contributed by atoms with Gasteiger partial charge < -0.3 is 10.5 Å². The third-order valence-electron chi connectivity index (χ3n) is 1.61. The van der Waals surface area contributed by atoms with Crippen LogP contribution in [0.3, 0.4) is 0 Å². The zero-order valence-corrected chi connectivity index (χ0v) is 9.19. The van der Waals surface area contributed by atoms with Crippen molar-refractivity contribution in [3.63, 3.8) is 0 Å². The maximum absolute atomic E-state index is 11.0. The summed E-state index contributed by atoms with van der Waals surface area (Å²) in [5.41, 5.74) is 4.69. The number of amides is 3. The molecule has 0 spiro atoms. The molecule has 90 valence electrons. The van der Waals surface area contributed by atoms with Gasteiger partial charge in [-0.05, 0) is 6.42 Å². The van der Waals surface area contributed by atoms with E-state index in [1.807, 2.05) is 6.92 Å². The van der Waals surface area contributed by atoms with Crippen LogP contribution in [0, 0.1) is 0 Å². The Morgan fingerprint density at radius 3 is 2.50 bits per heavy atom. The molecule has 0 aliphatic rings. The van der Waals surface area contributed by atoms with E-state index in [1.54, 1.807) is 5.32 Å². The van der Waals surface area contributed by atoms with E-state index in [4.69, 9.17) is 10.5 Å². The Hall–Kier alpha value is -1.85. The number of rotatable bonds is 6. The topological polar surface area (TPSA) is 98.5 Å². The number of esters is 1. The van der Waals surface area contributed by atoms with Crippen LogP contribution >= 0.6 is 0 Å².